The predicted octanol–water partition coefficient (Wildman–Crippen LogP) is 4.48. The lowest BCUT2D eigenvalue weighted by atomic mass is 9.58. The minimum Gasteiger partial charge on any atom is -0.373 e. The summed E-state index contributed by atoms with van der Waals surface area (Å²) in [6.45, 7) is 9.18. The van der Waals surface area contributed by atoms with E-state index in [0.29, 0.717) is 18.4 Å². The fourth-order valence-corrected chi connectivity index (χ4v) is 6.11. The molecule has 2 bridgehead atoms. The van der Waals surface area contributed by atoms with E-state index >= 15 is 0 Å². The summed E-state index contributed by atoms with van der Waals surface area (Å²) in [6, 6.07) is 7.00. The van der Waals surface area contributed by atoms with E-state index in [9.17, 15) is 9.18 Å². The van der Waals surface area contributed by atoms with Crippen molar-refractivity contribution in [2.75, 3.05) is 6.61 Å². The van der Waals surface area contributed by atoms with Gasteiger partial charge in [0.25, 0.3) is 0 Å². The van der Waals surface area contributed by atoms with Crippen molar-refractivity contribution in [1.82, 2.24) is 5.32 Å². The van der Waals surface area contributed by atoms with E-state index < -0.39 is 0 Å². The van der Waals surface area contributed by atoms with Gasteiger partial charge in [-0.2, -0.15) is 0 Å². The van der Waals surface area contributed by atoms with E-state index in [2.05, 4.69) is 19.2 Å². The number of carbonyl (C=O) groups is 1. The van der Waals surface area contributed by atoms with E-state index in [-0.39, 0.29) is 40.6 Å². The Labute approximate surface area is 155 Å². The second-order valence-electron chi connectivity index (χ2n) is 9.49. The number of fused-ring (bicyclic) bond motifs is 1. The third kappa shape index (κ3) is 2.52. The molecule has 3 nitrogen and oxygen atoms in total. The fraction of sp³-hybridized carbons (Fsp3) is 0.682. The number of amides is 1. The molecule has 3 aliphatic rings. The monoisotopic (exact) mass is 359 g/mol. The quantitative estimate of drug-likeness (QED) is 0.864. The molecule has 4 heteroatoms. The summed E-state index contributed by atoms with van der Waals surface area (Å²) in [7, 11) is 0. The van der Waals surface area contributed by atoms with Crippen molar-refractivity contribution in [3.63, 3.8) is 0 Å². The second kappa shape index (κ2) is 6.05. The molecule has 0 aromatic heterocycles. The molecule has 1 aromatic rings. The Morgan fingerprint density at radius 2 is 2.12 bits per heavy atom. The smallest absolute Gasteiger partial charge is 0.222 e. The SMILES string of the molecule is CC(C)C(=O)N[C@H]1C(C)(C)[C@@H]2C[C@@H]3[C@@H](c4cccc(F)c4)OCC[C@@]31C2. The highest BCUT2D eigenvalue weighted by atomic mass is 19.1. The van der Waals surface area contributed by atoms with Gasteiger partial charge in [-0.3, -0.25) is 4.79 Å². The Morgan fingerprint density at radius 3 is 2.81 bits per heavy atom. The van der Waals surface area contributed by atoms with Gasteiger partial charge < -0.3 is 10.1 Å². The summed E-state index contributed by atoms with van der Waals surface area (Å²) in [5.41, 5.74) is 1.09. The maximum atomic E-state index is 13.8. The summed E-state index contributed by atoms with van der Waals surface area (Å²) in [4.78, 5) is 12.5. The number of hydrogen-bond donors (Lipinski definition) is 1. The summed E-state index contributed by atoms with van der Waals surface area (Å²) >= 11 is 0. The summed E-state index contributed by atoms with van der Waals surface area (Å²) in [6.07, 6.45) is 3.15. The highest BCUT2D eigenvalue weighted by Gasteiger charge is 2.68. The molecule has 0 unspecified atom stereocenters. The Hall–Kier alpha value is -1.42. The zero-order valence-corrected chi connectivity index (χ0v) is 16.2. The number of carbonyl (C=O) groups excluding carboxylic acids is 1. The van der Waals surface area contributed by atoms with Gasteiger partial charge in [0.1, 0.15) is 5.82 Å². The molecule has 1 aromatic carbocycles. The van der Waals surface area contributed by atoms with Crippen LogP contribution in [0.3, 0.4) is 0 Å². The molecule has 3 fully saturated rings. The van der Waals surface area contributed by atoms with Crippen LogP contribution in [0.25, 0.3) is 0 Å². The molecule has 2 aliphatic carbocycles. The van der Waals surface area contributed by atoms with Crippen molar-refractivity contribution in [3.8, 4) is 0 Å². The number of halogens is 1. The van der Waals surface area contributed by atoms with Gasteiger partial charge in [-0.1, -0.05) is 39.8 Å². The van der Waals surface area contributed by atoms with Crippen LogP contribution >= 0.6 is 0 Å². The molecule has 26 heavy (non-hydrogen) atoms. The highest BCUT2D eigenvalue weighted by molar-refractivity contribution is 5.78. The van der Waals surface area contributed by atoms with Crippen molar-refractivity contribution < 1.29 is 13.9 Å². The zero-order valence-electron chi connectivity index (χ0n) is 16.2. The number of benzene rings is 1. The minimum atomic E-state index is -0.209. The second-order valence-corrected chi connectivity index (χ2v) is 9.49. The van der Waals surface area contributed by atoms with Crippen molar-refractivity contribution >= 4 is 5.91 Å². The largest absolute Gasteiger partial charge is 0.373 e. The standard InChI is InChI=1S/C22H30FNO2/c1-13(2)19(25)24-20-21(3,4)15-11-17-18(14-6-5-7-16(23)10-14)26-9-8-22(17,20)12-15/h5-7,10,13,15,17-18,20H,8-9,11-12H2,1-4H3,(H,24,25)/t15-,17-,18-,20+,22-/m1/s1. The molecule has 0 radical (unpaired) electrons. The van der Waals surface area contributed by atoms with Crippen LogP contribution in [0.4, 0.5) is 4.39 Å². The molecule has 2 saturated carbocycles. The lowest BCUT2D eigenvalue weighted by Gasteiger charge is -2.53. The van der Waals surface area contributed by atoms with Crippen LogP contribution in [-0.4, -0.2) is 18.6 Å². The normalized spacial score (nSPS) is 37.6. The molecular weight excluding hydrogens is 329 g/mol. The molecule has 1 saturated heterocycles. The van der Waals surface area contributed by atoms with Gasteiger partial charge in [0.2, 0.25) is 5.91 Å². The van der Waals surface area contributed by atoms with E-state index in [1.807, 2.05) is 19.9 Å². The lowest BCUT2D eigenvalue weighted by Crippen LogP contribution is -2.59. The third-order valence-corrected chi connectivity index (χ3v) is 7.49. The van der Waals surface area contributed by atoms with E-state index in [0.717, 1.165) is 24.8 Å². The molecule has 1 N–H and O–H groups in total. The Balaban J connectivity index is 1.69. The molecular formula is C22H30FNO2. The van der Waals surface area contributed by atoms with Gasteiger partial charge in [0, 0.05) is 18.6 Å². The van der Waals surface area contributed by atoms with Gasteiger partial charge in [-0.25, -0.2) is 4.39 Å². The van der Waals surface area contributed by atoms with Crippen LogP contribution in [-0.2, 0) is 9.53 Å². The highest BCUT2D eigenvalue weighted by Crippen LogP contribution is 2.70. The van der Waals surface area contributed by atoms with Gasteiger partial charge >= 0.3 is 0 Å². The Morgan fingerprint density at radius 1 is 1.35 bits per heavy atom. The third-order valence-electron chi connectivity index (χ3n) is 7.49. The van der Waals surface area contributed by atoms with Crippen molar-refractivity contribution in [3.05, 3.63) is 35.6 Å². The molecule has 142 valence electrons. The predicted molar refractivity (Wildman–Crippen MR) is 98.9 cm³/mol. The fourth-order valence-electron chi connectivity index (χ4n) is 6.11. The van der Waals surface area contributed by atoms with E-state index in [1.165, 1.54) is 6.07 Å². The van der Waals surface area contributed by atoms with Crippen LogP contribution in [0.1, 0.15) is 58.6 Å². The van der Waals surface area contributed by atoms with Crippen molar-refractivity contribution in [2.24, 2.45) is 28.6 Å². The summed E-state index contributed by atoms with van der Waals surface area (Å²) in [5, 5.41) is 3.40. The maximum absolute atomic E-state index is 13.8. The lowest BCUT2D eigenvalue weighted by molar-refractivity contribution is -0.139. The van der Waals surface area contributed by atoms with Crippen LogP contribution < -0.4 is 5.32 Å². The first kappa shape index (κ1) is 18.0. The molecule has 1 heterocycles. The van der Waals surface area contributed by atoms with Gasteiger partial charge in [0.05, 0.1) is 6.10 Å². The first-order chi connectivity index (χ1) is 12.3. The number of rotatable bonds is 3. The topological polar surface area (TPSA) is 38.3 Å². The molecule has 4 rings (SSSR count). The van der Waals surface area contributed by atoms with Crippen LogP contribution in [0.5, 0.6) is 0 Å². The number of hydrogen-bond acceptors (Lipinski definition) is 2. The van der Waals surface area contributed by atoms with E-state index in [4.69, 9.17) is 4.74 Å². The van der Waals surface area contributed by atoms with Crippen molar-refractivity contribution in [2.45, 2.75) is 59.1 Å². The minimum absolute atomic E-state index is 0.0152. The van der Waals surface area contributed by atoms with Crippen molar-refractivity contribution in [1.29, 1.82) is 0 Å². The van der Waals surface area contributed by atoms with Gasteiger partial charge in [0.15, 0.2) is 0 Å². The number of ether oxygens (including phenoxy) is 1. The van der Waals surface area contributed by atoms with Crippen LogP contribution in [0.2, 0.25) is 0 Å². The Bertz CT molecular complexity index is 716. The van der Waals surface area contributed by atoms with Crippen LogP contribution in [0.15, 0.2) is 24.3 Å². The Kier molecular flexibility index (Phi) is 4.18. The van der Waals surface area contributed by atoms with Gasteiger partial charge in [-0.15, -0.1) is 0 Å². The maximum Gasteiger partial charge on any atom is 0.222 e. The molecule has 1 spiro atoms. The molecule has 5 atom stereocenters. The first-order valence-electron chi connectivity index (χ1n) is 9.93. The first-order valence-corrected chi connectivity index (χ1v) is 9.93. The van der Waals surface area contributed by atoms with E-state index in [1.54, 1.807) is 12.1 Å². The molecule has 1 aliphatic heterocycles. The molecule has 1 amide bonds. The summed E-state index contributed by atoms with van der Waals surface area (Å²) in [5.74, 6) is 0.825. The number of nitrogens with one attached hydrogen (secondary N) is 1. The van der Waals surface area contributed by atoms with Gasteiger partial charge in [-0.05, 0) is 59.6 Å². The summed E-state index contributed by atoms with van der Waals surface area (Å²) < 4.78 is 20.0. The average molecular weight is 359 g/mol. The average Bonchev–Trinajstić information content (AvgIpc) is 3.07. The zero-order chi connectivity index (χ0) is 18.7. The van der Waals surface area contributed by atoms with Crippen LogP contribution in [0, 0.1) is 34.4 Å².